The summed E-state index contributed by atoms with van der Waals surface area (Å²) in [6, 6.07) is 0. The maximum Gasteiger partial charge on any atom is 0.243 e. The fraction of sp³-hybridized carbons (Fsp3) is 0.800. The molecule has 0 aliphatic heterocycles. The molecule has 0 fully saturated rings. The second kappa shape index (κ2) is 9.11. The molecule has 0 radical (unpaired) electrons. The van der Waals surface area contributed by atoms with Crippen LogP contribution >= 0.6 is 0 Å². The monoisotopic (exact) mass is 232 g/mol. The molecule has 0 spiro atoms. The molecule has 0 aliphatic rings. The molecule has 0 aromatic rings. The summed E-state index contributed by atoms with van der Waals surface area (Å²) in [5.74, 6) is -0.611. The van der Waals surface area contributed by atoms with Gasteiger partial charge in [0.05, 0.1) is 19.3 Å². The molecule has 0 atom stereocenters. The maximum atomic E-state index is 11.2. The van der Waals surface area contributed by atoms with Crippen LogP contribution in [0.4, 0.5) is 0 Å². The van der Waals surface area contributed by atoms with Crippen LogP contribution in [0.25, 0.3) is 0 Å². The van der Waals surface area contributed by atoms with E-state index >= 15 is 0 Å². The van der Waals surface area contributed by atoms with Crippen molar-refractivity contribution < 1.29 is 19.1 Å². The Morgan fingerprint density at radius 1 is 1.31 bits per heavy atom. The smallest absolute Gasteiger partial charge is 0.243 e. The van der Waals surface area contributed by atoms with E-state index in [2.05, 4.69) is 5.32 Å². The second-order valence-electron chi connectivity index (χ2n) is 3.54. The topological polar surface area (TPSA) is 90.7 Å². The van der Waals surface area contributed by atoms with Crippen molar-refractivity contribution in [3.8, 4) is 0 Å². The third-order valence-corrected chi connectivity index (χ3v) is 1.59. The Morgan fingerprint density at radius 2 is 2.00 bits per heavy atom. The molecule has 0 aliphatic carbocycles. The minimum absolute atomic E-state index is 0.0941. The Balaban J connectivity index is 3.27. The summed E-state index contributed by atoms with van der Waals surface area (Å²) in [7, 11) is 0. The number of hydrogen-bond donors (Lipinski definition) is 2. The highest BCUT2D eigenvalue weighted by Crippen LogP contribution is 1.90. The molecule has 0 bridgehead atoms. The first-order chi connectivity index (χ1) is 7.52. The lowest BCUT2D eigenvalue weighted by Crippen LogP contribution is -2.29. The van der Waals surface area contributed by atoms with Crippen LogP contribution in [-0.4, -0.2) is 44.3 Å². The minimum Gasteiger partial charge on any atom is -0.378 e. The van der Waals surface area contributed by atoms with Gasteiger partial charge < -0.3 is 20.5 Å². The molecule has 0 unspecified atom stereocenters. The quantitative estimate of drug-likeness (QED) is 0.520. The van der Waals surface area contributed by atoms with Crippen LogP contribution in [0.5, 0.6) is 0 Å². The zero-order valence-corrected chi connectivity index (χ0v) is 9.82. The summed E-state index contributed by atoms with van der Waals surface area (Å²) in [5.41, 5.74) is 4.86. The van der Waals surface area contributed by atoms with E-state index < -0.39 is 5.91 Å². The van der Waals surface area contributed by atoms with Gasteiger partial charge in [0.1, 0.15) is 6.61 Å². The lowest BCUT2D eigenvalue weighted by molar-refractivity contribution is -0.123. The zero-order valence-electron chi connectivity index (χ0n) is 9.82. The van der Waals surface area contributed by atoms with E-state index in [9.17, 15) is 9.59 Å². The van der Waals surface area contributed by atoms with Crippen LogP contribution in [0.15, 0.2) is 0 Å². The molecule has 0 saturated heterocycles. The molecule has 16 heavy (non-hydrogen) atoms. The molecule has 6 heteroatoms. The number of nitrogens with two attached hydrogens (primary N) is 1. The first-order valence-corrected chi connectivity index (χ1v) is 5.26. The summed E-state index contributed by atoms with van der Waals surface area (Å²) >= 11 is 0. The number of carbonyl (C=O) groups is 2. The van der Waals surface area contributed by atoms with Gasteiger partial charge in [0, 0.05) is 13.0 Å². The number of carbonyl (C=O) groups excluding carboxylic acids is 2. The molecule has 0 aromatic heterocycles. The van der Waals surface area contributed by atoms with Crippen molar-refractivity contribution in [2.24, 2.45) is 5.73 Å². The Bertz CT molecular complexity index is 219. The van der Waals surface area contributed by atoms with Gasteiger partial charge in [-0.1, -0.05) is 0 Å². The van der Waals surface area contributed by atoms with E-state index in [4.69, 9.17) is 15.2 Å². The van der Waals surface area contributed by atoms with E-state index in [-0.39, 0.29) is 25.2 Å². The predicted molar refractivity (Wildman–Crippen MR) is 58.7 cm³/mol. The van der Waals surface area contributed by atoms with Gasteiger partial charge in [-0.05, 0) is 13.8 Å². The van der Waals surface area contributed by atoms with Crippen LogP contribution in [-0.2, 0) is 19.1 Å². The van der Waals surface area contributed by atoms with Crippen molar-refractivity contribution in [1.82, 2.24) is 5.32 Å². The first kappa shape index (κ1) is 14.9. The fourth-order valence-corrected chi connectivity index (χ4v) is 0.911. The Hall–Kier alpha value is -1.14. The molecule has 94 valence electrons. The molecular weight excluding hydrogens is 212 g/mol. The lowest BCUT2D eigenvalue weighted by atomic mass is 10.4. The second-order valence-corrected chi connectivity index (χ2v) is 3.54. The third-order valence-electron chi connectivity index (χ3n) is 1.59. The van der Waals surface area contributed by atoms with Gasteiger partial charge in [0.15, 0.2) is 0 Å². The van der Waals surface area contributed by atoms with E-state index in [0.717, 1.165) is 0 Å². The maximum absolute atomic E-state index is 11.2. The standard InChI is InChI=1S/C10H20N2O4/c1-8(2)16-5-3-10(14)12-4-6-15-7-9(11)13/h8H,3-7H2,1-2H3,(H2,11,13)(H,12,14). The first-order valence-electron chi connectivity index (χ1n) is 5.26. The van der Waals surface area contributed by atoms with E-state index in [1.165, 1.54) is 0 Å². The number of rotatable bonds is 9. The highest BCUT2D eigenvalue weighted by molar-refractivity contribution is 5.76. The fourth-order valence-electron chi connectivity index (χ4n) is 0.911. The van der Waals surface area contributed by atoms with Gasteiger partial charge in [0.25, 0.3) is 0 Å². The SMILES string of the molecule is CC(C)OCCC(=O)NCCOCC(N)=O. The van der Waals surface area contributed by atoms with Crippen LogP contribution in [0.1, 0.15) is 20.3 Å². The summed E-state index contributed by atoms with van der Waals surface area (Å²) in [4.78, 5) is 21.5. The van der Waals surface area contributed by atoms with Gasteiger partial charge >= 0.3 is 0 Å². The van der Waals surface area contributed by atoms with Gasteiger partial charge in [-0.15, -0.1) is 0 Å². The lowest BCUT2D eigenvalue weighted by Gasteiger charge is -2.08. The molecule has 0 saturated carbocycles. The highest BCUT2D eigenvalue weighted by Gasteiger charge is 2.01. The summed E-state index contributed by atoms with van der Waals surface area (Å²) < 4.78 is 10.1. The summed E-state index contributed by atoms with van der Waals surface area (Å²) in [6.45, 7) is 4.76. The summed E-state index contributed by atoms with van der Waals surface area (Å²) in [5, 5.41) is 2.63. The Labute approximate surface area is 95.5 Å². The van der Waals surface area contributed by atoms with Crippen molar-refractivity contribution in [1.29, 1.82) is 0 Å². The van der Waals surface area contributed by atoms with Gasteiger partial charge in [-0.2, -0.15) is 0 Å². The van der Waals surface area contributed by atoms with Crippen LogP contribution in [0.2, 0.25) is 0 Å². The van der Waals surface area contributed by atoms with Gasteiger partial charge in [-0.3, -0.25) is 9.59 Å². The van der Waals surface area contributed by atoms with Crippen LogP contribution < -0.4 is 11.1 Å². The molecule has 0 rings (SSSR count). The highest BCUT2D eigenvalue weighted by atomic mass is 16.5. The van der Waals surface area contributed by atoms with Crippen LogP contribution in [0, 0.1) is 0 Å². The van der Waals surface area contributed by atoms with Crippen molar-refractivity contribution in [3.05, 3.63) is 0 Å². The molecule has 0 aromatic carbocycles. The van der Waals surface area contributed by atoms with Crippen LogP contribution in [0.3, 0.4) is 0 Å². The van der Waals surface area contributed by atoms with E-state index in [0.29, 0.717) is 19.6 Å². The van der Waals surface area contributed by atoms with Crippen molar-refractivity contribution in [3.63, 3.8) is 0 Å². The number of hydrogen-bond acceptors (Lipinski definition) is 4. The third kappa shape index (κ3) is 10.9. The molecule has 6 nitrogen and oxygen atoms in total. The van der Waals surface area contributed by atoms with Crippen molar-refractivity contribution in [2.75, 3.05) is 26.4 Å². The van der Waals surface area contributed by atoms with Crippen molar-refractivity contribution in [2.45, 2.75) is 26.4 Å². The normalized spacial score (nSPS) is 10.4. The summed E-state index contributed by atoms with van der Waals surface area (Å²) in [6.07, 6.45) is 0.459. The van der Waals surface area contributed by atoms with E-state index in [1.54, 1.807) is 0 Å². The number of nitrogens with one attached hydrogen (secondary N) is 1. The zero-order chi connectivity index (χ0) is 12.4. The van der Waals surface area contributed by atoms with Crippen molar-refractivity contribution >= 4 is 11.8 Å². The molecular formula is C10H20N2O4. The molecule has 0 heterocycles. The van der Waals surface area contributed by atoms with E-state index in [1.807, 2.05) is 13.8 Å². The predicted octanol–water partition coefficient (Wildman–Crippen LogP) is -0.580. The molecule has 3 N–H and O–H groups in total. The Kier molecular flexibility index (Phi) is 8.46. The molecule has 2 amide bonds. The average Bonchev–Trinajstić information content (AvgIpc) is 2.16. The largest absolute Gasteiger partial charge is 0.378 e. The number of amides is 2. The van der Waals surface area contributed by atoms with Gasteiger partial charge in [-0.25, -0.2) is 0 Å². The van der Waals surface area contributed by atoms with Gasteiger partial charge in [0.2, 0.25) is 11.8 Å². The average molecular weight is 232 g/mol. The number of ether oxygens (including phenoxy) is 2. The Morgan fingerprint density at radius 3 is 2.56 bits per heavy atom. The number of primary amides is 1. The minimum atomic E-state index is -0.517.